The van der Waals surface area contributed by atoms with Gasteiger partial charge in [-0.1, -0.05) is 18.2 Å². The molecule has 3 aliphatic rings. The zero-order chi connectivity index (χ0) is 17.9. The van der Waals surface area contributed by atoms with Crippen molar-refractivity contribution in [3.05, 3.63) is 35.5 Å². The van der Waals surface area contributed by atoms with E-state index in [1.165, 1.54) is 18.1 Å². The van der Waals surface area contributed by atoms with Crippen molar-refractivity contribution in [2.75, 3.05) is 33.9 Å². The number of para-hydroxylation sites is 1. The van der Waals surface area contributed by atoms with E-state index in [2.05, 4.69) is 34.1 Å². The van der Waals surface area contributed by atoms with E-state index in [1.807, 2.05) is 0 Å². The number of carbonyl (C=O) groups excluding carboxylic acids is 1. The molecule has 0 amide bonds. The maximum Gasteiger partial charge on any atom is 0.319 e. The number of ether oxygens (including phenoxy) is 2. The Labute approximate surface area is 153 Å². The van der Waals surface area contributed by atoms with Crippen LogP contribution in [0.3, 0.4) is 0 Å². The quantitative estimate of drug-likeness (QED) is 0.857. The molecule has 3 heterocycles. The van der Waals surface area contributed by atoms with Crippen molar-refractivity contribution in [2.45, 2.75) is 30.7 Å². The van der Waals surface area contributed by atoms with Crippen LogP contribution in [0.1, 0.15) is 24.1 Å². The molecule has 2 unspecified atom stereocenters. The number of hydrogen-bond donors (Lipinski definition) is 1. The van der Waals surface area contributed by atoms with E-state index in [0.717, 1.165) is 50.2 Å². The lowest BCUT2D eigenvalue weighted by atomic mass is 9.75. The highest BCUT2D eigenvalue weighted by Crippen LogP contribution is 2.58. The van der Waals surface area contributed by atoms with Crippen molar-refractivity contribution in [2.24, 2.45) is 11.8 Å². The summed E-state index contributed by atoms with van der Waals surface area (Å²) in [6.07, 6.45) is 2.88. The third kappa shape index (κ3) is 1.96. The summed E-state index contributed by atoms with van der Waals surface area (Å²) in [5.41, 5.74) is 2.99. The maximum absolute atomic E-state index is 13.2. The number of H-pyrrole nitrogens is 1. The van der Waals surface area contributed by atoms with Crippen LogP contribution in [-0.2, 0) is 26.1 Å². The molecule has 26 heavy (non-hydrogen) atoms. The summed E-state index contributed by atoms with van der Waals surface area (Å²) in [5.74, 6) is 0.949. The van der Waals surface area contributed by atoms with Crippen molar-refractivity contribution in [1.82, 2.24) is 9.88 Å². The van der Waals surface area contributed by atoms with Crippen LogP contribution in [0.15, 0.2) is 24.3 Å². The number of fused-ring (bicyclic) bond motifs is 5. The van der Waals surface area contributed by atoms with E-state index >= 15 is 0 Å². The average Bonchev–Trinajstić information content (AvgIpc) is 3.29. The minimum atomic E-state index is -0.569. The number of nitrogens with zero attached hydrogens (tertiary/aromatic N) is 1. The lowest BCUT2D eigenvalue weighted by Gasteiger charge is -2.40. The minimum Gasteiger partial charge on any atom is -0.468 e. The first-order valence-corrected chi connectivity index (χ1v) is 9.62. The Morgan fingerprint density at radius 1 is 1.35 bits per heavy atom. The van der Waals surface area contributed by atoms with Gasteiger partial charge in [-0.15, -0.1) is 0 Å². The van der Waals surface area contributed by atoms with Crippen LogP contribution in [0.2, 0.25) is 0 Å². The number of rotatable bonds is 4. The van der Waals surface area contributed by atoms with Gasteiger partial charge in [0.25, 0.3) is 0 Å². The number of hydrogen-bond acceptors (Lipinski definition) is 4. The Bertz CT molecular complexity index is 860. The van der Waals surface area contributed by atoms with Crippen molar-refractivity contribution in [1.29, 1.82) is 0 Å². The minimum absolute atomic E-state index is 0.0770. The highest BCUT2D eigenvalue weighted by Gasteiger charge is 2.66. The largest absolute Gasteiger partial charge is 0.468 e. The molecule has 5 rings (SSSR count). The van der Waals surface area contributed by atoms with E-state index in [-0.39, 0.29) is 12.0 Å². The summed E-state index contributed by atoms with van der Waals surface area (Å²) in [4.78, 5) is 19.4. The molecular weight excluding hydrogens is 328 g/mol. The molecule has 2 bridgehead atoms. The fourth-order valence-corrected chi connectivity index (χ4v) is 6.22. The van der Waals surface area contributed by atoms with Crippen LogP contribution in [0.25, 0.3) is 10.9 Å². The molecule has 0 radical (unpaired) electrons. The number of piperidine rings is 1. The Hall–Kier alpha value is -1.85. The number of aromatic nitrogens is 1. The van der Waals surface area contributed by atoms with Crippen molar-refractivity contribution in [3.8, 4) is 0 Å². The van der Waals surface area contributed by atoms with Gasteiger partial charge < -0.3 is 14.5 Å². The summed E-state index contributed by atoms with van der Waals surface area (Å²) in [5, 5.41) is 1.25. The Balaban J connectivity index is 1.71. The van der Waals surface area contributed by atoms with Crippen LogP contribution in [0, 0.1) is 11.8 Å². The smallest absolute Gasteiger partial charge is 0.319 e. The number of carbonyl (C=O) groups is 1. The van der Waals surface area contributed by atoms with Crippen molar-refractivity contribution >= 4 is 16.9 Å². The molecule has 0 spiro atoms. The molecule has 1 aromatic carbocycles. The second-order valence-electron chi connectivity index (χ2n) is 8.09. The highest BCUT2D eigenvalue weighted by molar-refractivity contribution is 5.92. The third-order valence-corrected chi connectivity index (χ3v) is 7.08. The van der Waals surface area contributed by atoms with Gasteiger partial charge in [0, 0.05) is 49.4 Å². The molecule has 1 saturated heterocycles. The first-order chi connectivity index (χ1) is 12.7. The van der Waals surface area contributed by atoms with Gasteiger partial charge in [-0.3, -0.25) is 9.69 Å². The molecule has 4 atom stereocenters. The van der Waals surface area contributed by atoms with Crippen molar-refractivity contribution < 1.29 is 14.3 Å². The van der Waals surface area contributed by atoms with Gasteiger partial charge in [0.1, 0.15) is 5.41 Å². The summed E-state index contributed by atoms with van der Waals surface area (Å²) in [6.45, 7) is 2.86. The second kappa shape index (κ2) is 5.83. The highest BCUT2D eigenvalue weighted by atomic mass is 16.5. The zero-order valence-corrected chi connectivity index (χ0v) is 15.5. The SMILES string of the molecule is COCC[C@H]1C2CN3CCc4c([nH]c5ccccc45)[C@](C(=O)OC)(C2)C13. The first kappa shape index (κ1) is 16.3. The van der Waals surface area contributed by atoms with E-state index in [0.29, 0.717) is 11.8 Å². The number of benzene rings is 1. The van der Waals surface area contributed by atoms with Crippen LogP contribution >= 0.6 is 0 Å². The van der Waals surface area contributed by atoms with Crippen LogP contribution < -0.4 is 0 Å². The molecule has 1 aliphatic carbocycles. The molecule has 138 valence electrons. The standard InChI is InChI=1S/C21H26N2O3/c1-25-10-8-14-13-11-21(20(24)26-2)18-16(7-9-23(12-13)19(14)21)15-5-3-4-6-17(15)22-18/h3-6,13-14,19,22H,7-12H2,1-2H3/t13?,14-,19?,21+/m0/s1. The first-order valence-electron chi connectivity index (χ1n) is 9.62. The second-order valence-corrected chi connectivity index (χ2v) is 8.09. The number of nitrogens with one attached hydrogen (secondary N) is 1. The lowest BCUT2D eigenvalue weighted by Crippen LogP contribution is -2.54. The van der Waals surface area contributed by atoms with E-state index < -0.39 is 5.41 Å². The summed E-state index contributed by atoms with van der Waals surface area (Å²) >= 11 is 0. The summed E-state index contributed by atoms with van der Waals surface area (Å²) in [7, 11) is 3.29. The summed E-state index contributed by atoms with van der Waals surface area (Å²) in [6, 6.07) is 8.64. The molecule has 1 aromatic heterocycles. The number of methoxy groups -OCH3 is 2. The van der Waals surface area contributed by atoms with Gasteiger partial charge in [-0.25, -0.2) is 0 Å². The molecule has 2 fully saturated rings. The monoisotopic (exact) mass is 354 g/mol. The lowest BCUT2D eigenvalue weighted by molar-refractivity contribution is -0.151. The Kier molecular flexibility index (Phi) is 3.66. The Morgan fingerprint density at radius 2 is 2.19 bits per heavy atom. The van der Waals surface area contributed by atoms with Gasteiger partial charge >= 0.3 is 5.97 Å². The van der Waals surface area contributed by atoms with Gasteiger partial charge in [-0.2, -0.15) is 0 Å². The third-order valence-electron chi connectivity index (χ3n) is 7.08. The van der Waals surface area contributed by atoms with Crippen molar-refractivity contribution in [3.63, 3.8) is 0 Å². The zero-order valence-electron chi connectivity index (χ0n) is 15.5. The maximum atomic E-state index is 13.2. The normalized spacial score (nSPS) is 32.6. The molecule has 5 nitrogen and oxygen atoms in total. The van der Waals surface area contributed by atoms with Crippen LogP contribution in [0.4, 0.5) is 0 Å². The van der Waals surface area contributed by atoms with Gasteiger partial charge in [0.2, 0.25) is 0 Å². The van der Waals surface area contributed by atoms with Crippen LogP contribution in [0.5, 0.6) is 0 Å². The predicted molar refractivity (Wildman–Crippen MR) is 99.1 cm³/mol. The average molecular weight is 354 g/mol. The fraction of sp³-hybridized carbons (Fsp3) is 0.571. The van der Waals surface area contributed by atoms with E-state index in [4.69, 9.17) is 9.47 Å². The van der Waals surface area contributed by atoms with E-state index in [1.54, 1.807) is 7.11 Å². The number of esters is 1. The number of aromatic amines is 1. The molecule has 2 aromatic rings. The molecule has 5 heteroatoms. The van der Waals surface area contributed by atoms with Crippen LogP contribution in [-0.4, -0.2) is 55.8 Å². The molecule has 2 aliphatic heterocycles. The van der Waals surface area contributed by atoms with Gasteiger partial charge in [0.05, 0.1) is 7.11 Å². The Morgan fingerprint density at radius 3 is 3.00 bits per heavy atom. The molecule has 1 saturated carbocycles. The summed E-state index contributed by atoms with van der Waals surface area (Å²) < 4.78 is 10.8. The van der Waals surface area contributed by atoms with Gasteiger partial charge in [0.15, 0.2) is 0 Å². The predicted octanol–water partition coefficient (Wildman–Crippen LogP) is 2.49. The molecule has 1 N–H and O–H groups in total. The van der Waals surface area contributed by atoms with E-state index in [9.17, 15) is 4.79 Å². The van der Waals surface area contributed by atoms with Gasteiger partial charge in [-0.05, 0) is 42.7 Å². The molecular formula is C21H26N2O3. The fourth-order valence-electron chi connectivity index (χ4n) is 6.22. The topological polar surface area (TPSA) is 54.6 Å².